The molecule has 2 aliphatic rings. The molecule has 0 radical (unpaired) electrons. The summed E-state index contributed by atoms with van der Waals surface area (Å²) in [7, 11) is 0. The van der Waals surface area contributed by atoms with Crippen LogP contribution in [0.15, 0.2) is 11.6 Å². The molecule has 1 unspecified atom stereocenters. The van der Waals surface area contributed by atoms with E-state index in [9.17, 15) is 9.90 Å². The first-order valence-corrected chi connectivity index (χ1v) is 6.27. The summed E-state index contributed by atoms with van der Waals surface area (Å²) in [6.07, 6.45) is 6.63. The van der Waals surface area contributed by atoms with Crippen LogP contribution >= 0.6 is 0 Å². The fourth-order valence-electron chi connectivity index (χ4n) is 3.05. The van der Waals surface area contributed by atoms with Crippen molar-refractivity contribution >= 4 is 5.78 Å². The van der Waals surface area contributed by atoms with Gasteiger partial charge in [0.05, 0.1) is 5.60 Å². The van der Waals surface area contributed by atoms with E-state index in [0.717, 1.165) is 25.7 Å². The molecule has 0 aromatic rings. The zero-order valence-corrected chi connectivity index (χ0v) is 10.5. The highest BCUT2D eigenvalue weighted by molar-refractivity contribution is 5.91. The number of fused-ring (bicyclic) bond motifs is 1. The van der Waals surface area contributed by atoms with E-state index in [4.69, 9.17) is 0 Å². The first kappa shape index (κ1) is 11.8. The van der Waals surface area contributed by atoms with E-state index in [1.807, 2.05) is 19.9 Å². The van der Waals surface area contributed by atoms with Gasteiger partial charge in [0.15, 0.2) is 5.78 Å². The molecule has 90 valence electrons. The topological polar surface area (TPSA) is 37.3 Å². The molecule has 0 aliphatic heterocycles. The Morgan fingerprint density at radius 3 is 2.75 bits per heavy atom. The Labute approximate surface area is 97.7 Å². The molecular weight excluding hydrogens is 200 g/mol. The molecule has 16 heavy (non-hydrogen) atoms. The normalized spacial score (nSPS) is 35.6. The van der Waals surface area contributed by atoms with Crippen LogP contribution in [0.4, 0.5) is 0 Å². The van der Waals surface area contributed by atoms with Crippen LogP contribution in [0.25, 0.3) is 0 Å². The Hall–Kier alpha value is -0.630. The van der Waals surface area contributed by atoms with Gasteiger partial charge in [0.1, 0.15) is 0 Å². The standard InChI is InChI=1S/C14H22O2/c1-13(2,16)10-4-6-14(3)7-5-12(15)9-11(14)8-10/h9-10,16H,4-8H2,1-3H3/t10-,14?/m1/s1. The summed E-state index contributed by atoms with van der Waals surface area (Å²) < 4.78 is 0. The van der Waals surface area contributed by atoms with E-state index in [2.05, 4.69) is 6.92 Å². The summed E-state index contributed by atoms with van der Waals surface area (Å²) in [6.45, 7) is 6.03. The molecule has 2 nitrogen and oxygen atoms in total. The van der Waals surface area contributed by atoms with Gasteiger partial charge in [-0.05, 0) is 56.9 Å². The van der Waals surface area contributed by atoms with Gasteiger partial charge < -0.3 is 5.11 Å². The third-order valence-corrected chi connectivity index (χ3v) is 4.54. The minimum atomic E-state index is -0.622. The van der Waals surface area contributed by atoms with Gasteiger partial charge in [0, 0.05) is 6.42 Å². The lowest BCUT2D eigenvalue weighted by Crippen LogP contribution is -2.39. The molecule has 1 fully saturated rings. The van der Waals surface area contributed by atoms with Crippen LogP contribution in [0.3, 0.4) is 0 Å². The molecule has 2 rings (SSSR count). The summed E-state index contributed by atoms with van der Waals surface area (Å²) >= 11 is 0. The second-order valence-corrected chi connectivity index (χ2v) is 6.29. The van der Waals surface area contributed by atoms with Gasteiger partial charge in [-0.2, -0.15) is 0 Å². The van der Waals surface area contributed by atoms with Gasteiger partial charge >= 0.3 is 0 Å². The smallest absolute Gasteiger partial charge is 0.155 e. The number of carbonyl (C=O) groups excluding carboxylic acids is 1. The number of aliphatic hydroxyl groups is 1. The molecule has 0 heterocycles. The van der Waals surface area contributed by atoms with Crippen LogP contribution in [-0.2, 0) is 4.79 Å². The Morgan fingerprint density at radius 2 is 2.12 bits per heavy atom. The van der Waals surface area contributed by atoms with Crippen molar-refractivity contribution in [2.45, 2.75) is 58.5 Å². The summed E-state index contributed by atoms with van der Waals surface area (Å²) in [4.78, 5) is 11.5. The Balaban J connectivity index is 2.22. The molecule has 0 amide bonds. The quantitative estimate of drug-likeness (QED) is 0.740. The number of hydrogen-bond acceptors (Lipinski definition) is 2. The lowest BCUT2D eigenvalue weighted by Gasteiger charge is -2.45. The number of carbonyl (C=O) groups is 1. The van der Waals surface area contributed by atoms with Crippen molar-refractivity contribution in [2.24, 2.45) is 11.3 Å². The molecule has 0 bridgehead atoms. The largest absolute Gasteiger partial charge is 0.390 e. The minimum absolute atomic E-state index is 0.232. The maximum absolute atomic E-state index is 11.5. The number of ketones is 1. The lowest BCUT2D eigenvalue weighted by atomic mass is 9.61. The highest BCUT2D eigenvalue weighted by Crippen LogP contribution is 2.50. The molecule has 0 aromatic carbocycles. The van der Waals surface area contributed by atoms with Crippen molar-refractivity contribution in [2.75, 3.05) is 0 Å². The van der Waals surface area contributed by atoms with Crippen LogP contribution in [0.5, 0.6) is 0 Å². The average Bonchev–Trinajstić information content (AvgIpc) is 2.16. The van der Waals surface area contributed by atoms with Crippen molar-refractivity contribution in [3.63, 3.8) is 0 Å². The summed E-state index contributed by atoms with van der Waals surface area (Å²) in [5.74, 6) is 0.571. The van der Waals surface area contributed by atoms with Gasteiger partial charge in [0.2, 0.25) is 0 Å². The molecule has 1 N–H and O–H groups in total. The highest BCUT2D eigenvalue weighted by Gasteiger charge is 2.41. The summed E-state index contributed by atoms with van der Waals surface area (Å²) in [6, 6.07) is 0. The Morgan fingerprint density at radius 1 is 1.44 bits per heavy atom. The fourth-order valence-corrected chi connectivity index (χ4v) is 3.05. The highest BCUT2D eigenvalue weighted by atomic mass is 16.3. The maximum atomic E-state index is 11.5. The third kappa shape index (κ3) is 2.08. The second kappa shape index (κ2) is 3.69. The number of allylic oxidation sites excluding steroid dienone is 2. The zero-order valence-electron chi connectivity index (χ0n) is 10.5. The van der Waals surface area contributed by atoms with Crippen LogP contribution in [0, 0.1) is 11.3 Å². The zero-order chi connectivity index (χ0) is 12.0. The monoisotopic (exact) mass is 222 g/mol. The molecule has 2 atom stereocenters. The van der Waals surface area contributed by atoms with E-state index < -0.39 is 5.60 Å². The first-order chi connectivity index (χ1) is 7.31. The van der Waals surface area contributed by atoms with Gasteiger partial charge in [-0.3, -0.25) is 4.79 Å². The van der Waals surface area contributed by atoms with E-state index in [1.54, 1.807) is 0 Å². The van der Waals surface area contributed by atoms with Gasteiger partial charge in [-0.1, -0.05) is 12.5 Å². The molecule has 0 saturated heterocycles. The van der Waals surface area contributed by atoms with E-state index >= 15 is 0 Å². The van der Waals surface area contributed by atoms with Crippen LogP contribution in [0.1, 0.15) is 52.9 Å². The molecule has 0 spiro atoms. The number of hydrogen-bond donors (Lipinski definition) is 1. The van der Waals surface area contributed by atoms with Gasteiger partial charge in [-0.25, -0.2) is 0 Å². The van der Waals surface area contributed by atoms with Crippen molar-refractivity contribution in [1.82, 2.24) is 0 Å². The fraction of sp³-hybridized carbons (Fsp3) is 0.786. The first-order valence-electron chi connectivity index (χ1n) is 6.27. The third-order valence-electron chi connectivity index (χ3n) is 4.54. The predicted octanol–water partition coefficient (Wildman–Crippen LogP) is 2.85. The van der Waals surface area contributed by atoms with E-state index in [0.29, 0.717) is 12.3 Å². The summed E-state index contributed by atoms with van der Waals surface area (Å²) in [5, 5.41) is 10.1. The average molecular weight is 222 g/mol. The molecule has 1 saturated carbocycles. The molecular formula is C14H22O2. The summed E-state index contributed by atoms with van der Waals surface area (Å²) in [5.41, 5.74) is 0.889. The molecule has 2 aliphatic carbocycles. The van der Waals surface area contributed by atoms with E-state index in [-0.39, 0.29) is 11.2 Å². The van der Waals surface area contributed by atoms with Crippen molar-refractivity contribution in [3.8, 4) is 0 Å². The van der Waals surface area contributed by atoms with Crippen LogP contribution in [0.2, 0.25) is 0 Å². The number of rotatable bonds is 1. The predicted molar refractivity (Wildman–Crippen MR) is 64.1 cm³/mol. The van der Waals surface area contributed by atoms with Crippen molar-refractivity contribution in [1.29, 1.82) is 0 Å². The van der Waals surface area contributed by atoms with Gasteiger partial charge in [-0.15, -0.1) is 0 Å². The minimum Gasteiger partial charge on any atom is -0.390 e. The van der Waals surface area contributed by atoms with Crippen molar-refractivity contribution in [3.05, 3.63) is 11.6 Å². The van der Waals surface area contributed by atoms with Crippen LogP contribution in [-0.4, -0.2) is 16.5 Å². The van der Waals surface area contributed by atoms with Crippen molar-refractivity contribution < 1.29 is 9.90 Å². The lowest BCUT2D eigenvalue weighted by molar-refractivity contribution is -0.116. The van der Waals surface area contributed by atoms with Gasteiger partial charge in [0.25, 0.3) is 0 Å². The molecule has 0 aromatic heterocycles. The Kier molecular flexibility index (Phi) is 2.73. The second-order valence-electron chi connectivity index (χ2n) is 6.29. The SMILES string of the molecule is CC12CCC(=O)C=C1C[C@H](C(C)(C)O)CC2. The van der Waals surface area contributed by atoms with Crippen LogP contribution < -0.4 is 0 Å². The molecule has 2 heteroatoms. The Bertz CT molecular complexity index is 335. The van der Waals surface area contributed by atoms with E-state index in [1.165, 1.54) is 5.57 Å². The maximum Gasteiger partial charge on any atom is 0.155 e.